The number of nitrogens with zero attached hydrogens (tertiary/aromatic N) is 4. The molecule has 1 atom stereocenters. The van der Waals surface area contributed by atoms with Gasteiger partial charge in [-0.05, 0) is 112 Å². The number of methoxy groups -OCH3 is 1. The third kappa shape index (κ3) is 7.95. The lowest BCUT2D eigenvalue weighted by atomic mass is 9.98. The predicted molar refractivity (Wildman–Crippen MR) is 174 cm³/mol. The van der Waals surface area contributed by atoms with E-state index in [1.54, 1.807) is 26.3 Å². The first-order valence-electron chi connectivity index (χ1n) is 15.4. The van der Waals surface area contributed by atoms with E-state index in [9.17, 15) is 9.59 Å². The van der Waals surface area contributed by atoms with Crippen LogP contribution in [-0.4, -0.2) is 79.7 Å². The van der Waals surface area contributed by atoms with Crippen LogP contribution in [0.5, 0.6) is 5.75 Å². The third-order valence-corrected chi connectivity index (χ3v) is 8.87. The van der Waals surface area contributed by atoms with Crippen LogP contribution in [0.15, 0.2) is 54.9 Å². The van der Waals surface area contributed by atoms with Crippen LogP contribution in [0.1, 0.15) is 69.2 Å². The molecule has 3 aromatic rings. The average Bonchev–Trinajstić information content (AvgIpc) is 3.03. The number of aryl methyl sites for hydroxylation is 3. The summed E-state index contributed by atoms with van der Waals surface area (Å²) in [6.45, 7) is 11.5. The number of rotatable bonds is 12. The summed E-state index contributed by atoms with van der Waals surface area (Å²) >= 11 is 0. The van der Waals surface area contributed by atoms with Crippen LogP contribution in [0.3, 0.4) is 0 Å². The van der Waals surface area contributed by atoms with Gasteiger partial charge in [0.05, 0.1) is 14.2 Å². The van der Waals surface area contributed by atoms with Crippen molar-refractivity contribution in [3.8, 4) is 5.75 Å². The lowest BCUT2D eigenvalue weighted by molar-refractivity contribution is -0.0757. The number of carbonyl (C=O) groups is 2. The number of amides is 2. The van der Waals surface area contributed by atoms with Gasteiger partial charge in [-0.15, -0.1) is 0 Å². The van der Waals surface area contributed by atoms with E-state index in [0.29, 0.717) is 29.8 Å². The van der Waals surface area contributed by atoms with E-state index in [4.69, 9.17) is 9.57 Å². The molecule has 1 saturated heterocycles. The molecule has 1 fully saturated rings. The number of piperidine rings is 1. The zero-order valence-corrected chi connectivity index (χ0v) is 27.2. The first-order valence-corrected chi connectivity index (χ1v) is 15.4. The lowest BCUT2D eigenvalue weighted by Gasteiger charge is -2.42. The van der Waals surface area contributed by atoms with Crippen molar-refractivity contribution in [2.45, 2.75) is 65.6 Å². The van der Waals surface area contributed by atoms with Crippen molar-refractivity contribution in [2.75, 3.05) is 45.8 Å². The number of anilines is 1. The van der Waals surface area contributed by atoms with Gasteiger partial charge in [-0.25, -0.2) is 5.06 Å². The van der Waals surface area contributed by atoms with Crippen LogP contribution in [0.4, 0.5) is 5.69 Å². The highest BCUT2D eigenvalue weighted by Crippen LogP contribution is 2.29. The molecule has 2 heterocycles. The molecule has 4 rings (SSSR count). The van der Waals surface area contributed by atoms with E-state index in [2.05, 4.69) is 52.1 Å². The van der Waals surface area contributed by atoms with E-state index < -0.39 is 0 Å². The van der Waals surface area contributed by atoms with Crippen LogP contribution >= 0.6 is 0 Å². The standard InChI is InChI=1S/C35H47N5O4/c1-24-12-16-36-22-29(24)23-40(30-8-10-32(43-6)11-9-30)31-14-18-39(19-15-31)27(4)13-17-37-34(41)33-25(2)20-28(21-26(33)3)35(42)38(5)44-7/h8-12,16,20-22,27,31H,13-15,17-19,23H2,1-7H3,(H,37,41)/t27-/m1/s1. The smallest absolute Gasteiger partial charge is 0.277 e. The number of hydrogen-bond donors (Lipinski definition) is 1. The minimum Gasteiger partial charge on any atom is -0.497 e. The number of nitrogens with one attached hydrogen (secondary N) is 1. The van der Waals surface area contributed by atoms with Crippen LogP contribution in [0.25, 0.3) is 0 Å². The molecule has 0 unspecified atom stereocenters. The van der Waals surface area contributed by atoms with E-state index in [1.807, 2.05) is 38.4 Å². The van der Waals surface area contributed by atoms with Crippen LogP contribution < -0.4 is 15.0 Å². The Hall–Kier alpha value is -3.95. The Bertz CT molecular complexity index is 1400. The summed E-state index contributed by atoms with van der Waals surface area (Å²) < 4.78 is 5.40. The first kappa shape index (κ1) is 33.0. The number of hydroxylamine groups is 2. The summed E-state index contributed by atoms with van der Waals surface area (Å²) in [6.07, 6.45) is 6.81. The Morgan fingerprint density at radius 2 is 1.68 bits per heavy atom. The van der Waals surface area contributed by atoms with Crippen LogP contribution in [-0.2, 0) is 11.4 Å². The molecule has 1 N–H and O–H groups in total. The molecule has 2 amide bonds. The number of hydrogen-bond acceptors (Lipinski definition) is 7. The Morgan fingerprint density at radius 3 is 2.27 bits per heavy atom. The van der Waals surface area contributed by atoms with Gasteiger partial charge in [0, 0.05) is 74.5 Å². The summed E-state index contributed by atoms with van der Waals surface area (Å²) in [5.74, 6) is 0.503. The molecule has 0 aliphatic carbocycles. The number of likely N-dealkylation sites (tertiary alicyclic amines) is 1. The minimum atomic E-state index is -0.248. The summed E-state index contributed by atoms with van der Waals surface area (Å²) in [5, 5.41) is 4.29. The fourth-order valence-electron chi connectivity index (χ4n) is 6.06. The third-order valence-electron chi connectivity index (χ3n) is 8.87. The van der Waals surface area contributed by atoms with Gasteiger partial charge in [-0.3, -0.25) is 19.4 Å². The van der Waals surface area contributed by atoms with Gasteiger partial charge < -0.3 is 19.9 Å². The molecule has 9 heteroatoms. The number of benzene rings is 2. The molecule has 0 radical (unpaired) electrons. The number of aromatic nitrogens is 1. The highest BCUT2D eigenvalue weighted by Gasteiger charge is 2.28. The molecule has 44 heavy (non-hydrogen) atoms. The SMILES string of the molecule is COc1ccc(N(Cc2cnccc2C)C2CCN([C@H](C)CCNC(=O)c3c(C)cc(C(=O)N(C)OC)cc3C)CC2)cc1. The monoisotopic (exact) mass is 601 g/mol. The van der Waals surface area contributed by atoms with Gasteiger partial charge >= 0.3 is 0 Å². The van der Waals surface area contributed by atoms with E-state index in [1.165, 1.54) is 29.0 Å². The number of carbonyl (C=O) groups excluding carboxylic acids is 2. The molecule has 236 valence electrons. The predicted octanol–water partition coefficient (Wildman–Crippen LogP) is 5.33. The maximum absolute atomic E-state index is 13.1. The molecule has 1 aliphatic rings. The van der Waals surface area contributed by atoms with Crippen molar-refractivity contribution < 1.29 is 19.2 Å². The maximum atomic E-state index is 13.1. The molecular formula is C35H47N5O4. The second kappa shape index (κ2) is 15.2. The fraction of sp³-hybridized carbons (Fsp3) is 0.457. The normalized spacial score (nSPS) is 14.6. The molecule has 0 saturated carbocycles. The largest absolute Gasteiger partial charge is 0.497 e. The molecule has 0 bridgehead atoms. The molecule has 1 aromatic heterocycles. The molecule has 1 aliphatic heterocycles. The number of pyridine rings is 1. The van der Waals surface area contributed by atoms with Gasteiger partial charge in [0.2, 0.25) is 0 Å². The highest BCUT2D eigenvalue weighted by molar-refractivity contribution is 6.00. The van der Waals surface area contributed by atoms with Gasteiger partial charge in [0.15, 0.2) is 0 Å². The quantitative estimate of drug-likeness (QED) is 0.281. The van der Waals surface area contributed by atoms with Gasteiger partial charge in [0.1, 0.15) is 5.75 Å². The number of ether oxygens (including phenoxy) is 1. The van der Waals surface area contributed by atoms with Crippen LogP contribution in [0.2, 0.25) is 0 Å². The highest BCUT2D eigenvalue weighted by atomic mass is 16.7. The zero-order valence-electron chi connectivity index (χ0n) is 27.2. The molecular weight excluding hydrogens is 554 g/mol. The Kier molecular flexibility index (Phi) is 11.4. The van der Waals surface area contributed by atoms with Gasteiger partial charge in [-0.2, -0.15) is 0 Å². The van der Waals surface area contributed by atoms with Crippen LogP contribution in [0, 0.1) is 20.8 Å². The zero-order chi connectivity index (χ0) is 31.8. The van der Waals surface area contributed by atoms with Crippen molar-refractivity contribution in [3.05, 3.63) is 88.2 Å². The fourth-order valence-corrected chi connectivity index (χ4v) is 6.06. The Morgan fingerprint density at radius 1 is 1.02 bits per heavy atom. The van der Waals surface area contributed by atoms with E-state index >= 15 is 0 Å². The van der Waals surface area contributed by atoms with Crippen molar-refractivity contribution in [2.24, 2.45) is 0 Å². The van der Waals surface area contributed by atoms with Gasteiger partial charge in [-0.1, -0.05) is 0 Å². The van der Waals surface area contributed by atoms with Crippen molar-refractivity contribution in [1.29, 1.82) is 0 Å². The summed E-state index contributed by atoms with van der Waals surface area (Å²) in [4.78, 5) is 40.1. The summed E-state index contributed by atoms with van der Waals surface area (Å²) in [5.41, 5.74) is 6.35. The lowest BCUT2D eigenvalue weighted by Crippen LogP contribution is -2.48. The summed E-state index contributed by atoms with van der Waals surface area (Å²) in [6, 6.07) is 14.7. The van der Waals surface area contributed by atoms with Crippen molar-refractivity contribution in [1.82, 2.24) is 20.3 Å². The molecule has 0 spiro atoms. The minimum absolute atomic E-state index is 0.106. The average molecular weight is 602 g/mol. The van der Waals surface area contributed by atoms with E-state index in [-0.39, 0.29) is 11.8 Å². The maximum Gasteiger partial charge on any atom is 0.277 e. The Balaban J connectivity index is 1.33. The van der Waals surface area contributed by atoms with Gasteiger partial charge in [0.25, 0.3) is 11.8 Å². The topological polar surface area (TPSA) is 87.2 Å². The first-order chi connectivity index (χ1) is 21.1. The molecule has 2 aromatic carbocycles. The molecule has 9 nitrogen and oxygen atoms in total. The van der Waals surface area contributed by atoms with Crippen molar-refractivity contribution >= 4 is 17.5 Å². The summed E-state index contributed by atoms with van der Waals surface area (Å²) in [7, 11) is 4.71. The van der Waals surface area contributed by atoms with Crippen molar-refractivity contribution in [3.63, 3.8) is 0 Å². The Labute approximate surface area is 262 Å². The second-order valence-corrected chi connectivity index (χ2v) is 11.8. The second-order valence-electron chi connectivity index (χ2n) is 11.8. The van der Waals surface area contributed by atoms with E-state index in [0.717, 1.165) is 55.8 Å².